The number of nitrogens with zero attached hydrogens (tertiary/aromatic N) is 1. The number of ketones is 1. The van der Waals surface area contributed by atoms with Crippen LogP contribution in [-0.2, 0) is 0 Å². The summed E-state index contributed by atoms with van der Waals surface area (Å²) in [4.78, 5) is 29.8. The number of aromatic nitrogens is 1. The highest BCUT2D eigenvalue weighted by Gasteiger charge is 2.24. The molecule has 1 amide bonds. The molecule has 2 heterocycles. The molecule has 0 saturated carbocycles. The number of nitrogens with one attached hydrogen (secondary N) is 2. The van der Waals surface area contributed by atoms with Crippen molar-refractivity contribution in [2.75, 3.05) is 20.1 Å². The summed E-state index contributed by atoms with van der Waals surface area (Å²) in [5, 5.41) is 2.92. The Morgan fingerprint density at radius 3 is 2.67 bits per heavy atom. The Hall–Kier alpha value is -2.80. The minimum absolute atomic E-state index is 0.0162. The topological polar surface area (TPSA) is 65.2 Å². The lowest BCUT2D eigenvalue weighted by molar-refractivity contribution is 0.0912. The smallest absolute Gasteiger partial charge is 0.267 e. The third kappa shape index (κ3) is 3.98. The van der Waals surface area contributed by atoms with E-state index in [9.17, 15) is 18.4 Å². The SMILES string of the molecule is C=Cc1ccc(F)c(C(=O)c2c[nH]c(C(=O)NC3CCN(C)CC3)c2)c1F. The van der Waals surface area contributed by atoms with E-state index in [0.717, 1.165) is 32.0 Å². The second kappa shape index (κ2) is 7.84. The number of carbonyl (C=O) groups excluding carboxylic acids is 2. The molecule has 1 aliphatic heterocycles. The Morgan fingerprint density at radius 1 is 1.30 bits per heavy atom. The number of hydrogen-bond donors (Lipinski definition) is 2. The Kier molecular flexibility index (Phi) is 5.51. The summed E-state index contributed by atoms with van der Waals surface area (Å²) in [5.41, 5.74) is -0.426. The van der Waals surface area contributed by atoms with Crippen LogP contribution < -0.4 is 5.32 Å². The average Bonchev–Trinajstić information content (AvgIpc) is 3.14. The molecule has 1 aromatic heterocycles. The zero-order chi connectivity index (χ0) is 19.6. The van der Waals surface area contributed by atoms with E-state index in [1.807, 2.05) is 7.05 Å². The number of likely N-dealkylation sites (tertiary alicyclic amines) is 1. The molecule has 5 nitrogen and oxygen atoms in total. The number of aromatic amines is 1. The Morgan fingerprint density at radius 2 is 2.00 bits per heavy atom. The van der Waals surface area contributed by atoms with Crippen molar-refractivity contribution in [2.45, 2.75) is 18.9 Å². The fraction of sp³-hybridized carbons (Fsp3) is 0.300. The van der Waals surface area contributed by atoms with Crippen molar-refractivity contribution in [3.05, 3.63) is 65.0 Å². The Labute approximate surface area is 156 Å². The number of amides is 1. The second-order valence-electron chi connectivity index (χ2n) is 6.71. The van der Waals surface area contributed by atoms with Gasteiger partial charge in [-0.05, 0) is 51.2 Å². The number of piperidine rings is 1. The van der Waals surface area contributed by atoms with Gasteiger partial charge >= 0.3 is 0 Å². The van der Waals surface area contributed by atoms with Gasteiger partial charge in [-0.1, -0.05) is 12.7 Å². The molecule has 27 heavy (non-hydrogen) atoms. The summed E-state index contributed by atoms with van der Waals surface area (Å²) < 4.78 is 28.4. The summed E-state index contributed by atoms with van der Waals surface area (Å²) >= 11 is 0. The molecule has 1 aromatic carbocycles. The largest absolute Gasteiger partial charge is 0.356 e. The van der Waals surface area contributed by atoms with E-state index in [2.05, 4.69) is 21.8 Å². The van der Waals surface area contributed by atoms with Crippen LogP contribution in [0.1, 0.15) is 44.8 Å². The quantitative estimate of drug-likeness (QED) is 0.792. The summed E-state index contributed by atoms with van der Waals surface area (Å²) in [7, 11) is 2.03. The van der Waals surface area contributed by atoms with Crippen LogP contribution in [0.15, 0.2) is 31.0 Å². The van der Waals surface area contributed by atoms with E-state index < -0.39 is 23.0 Å². The lowest BCUT2D eigenvalue weighted by Gasteiger charge is -2.29. The van der Waals surface area contributed by atoms with Gasteiger partial charge in [0.05, 0.1) is 5.56 Å². The fourth-order valence-corrected chi connectivity index (χ4v) is 3.15. The molecule has 142 valence electrons. The maximum atomic E-state index is 14.4. The van der Waals surface area contributed by atoms with Crippen molar-refractivity contribution in [1.29, 1.82) is 0 Å². The van der Waals surface area contributed by atoms with Crippen molar-refractivity contribution in [2.24, 2.45) is 0 Å². The van der Waals surface area contributed by atoms with Crippen molar-refractivity contribution in [1.82, 2.24) is 15.2 Å². The van der Waals surface area contributed by atoms with E-state index in [0.29, 0.717) is 0 Å². The summed E-state index contributed by atoms with van der Waals surface area (Å²) in [6.45, 7) is 5.25. The van der Waals surface area contributed by atoms with Crippen molar-refractivity contribution in [3.8, 4) is 0 Å². The van der Waals surface area contributed by atoms with Gasteiger partial charge in [0.25, 0.3) is 5.91 Å². The molecule has 0 aliphatic carbocycles. The van der Waals surface area contributed by atoms with Gasteiger partial charge in [0.1, 0.15) is 17.3 Å². The third-order valence-corrected chi connectivity index (χ3v) is 4.81. The van der Waals surface area contributed by atoms with Crippen LogP contribution in [0.25, 0.3) is 6.08 Å². The predicted molar refractivity (Wildman–Crippen MR) is 98.7 cm³/mol. The molecule has 2 aromatic rings. The number of halogens is 2. The summed E-state index contributed by atoms with van der Waals surface area (Å²) in [6, 6.07) is 3.61. The number of rotatable bonds is 5. The van der Waals surface area contributed by atoms with E-state index in [1.54, 1.807) is 0 Å². The molecular formula is C20H21F2N3O2. The zero-order valence-corrected chi connectivity index (χ0v) is 15.0. The highest BCUT2D eigenvalue weighted by Crippen LogP contribution is 2.22. The normalized spacial score (nSPS) is 15.5. The number of H-pyrrole nitrogens is 1. The molecule has 0 spiro atoms. The van der Waals surface area contributed by atoms with Gasteiger partial charge < -0.3 is 15.2 Å². The first-order valence-corrected chi connectivity index (χ1v) is 8.73. The average molecular weight is 373 g/mol. The van der Waals surface area contributed by atoms with Crippen molar-refractivity contribution in [3.63, 3.8) is 0 Å². The zero-order valence-electron chi connectivity index (χ0n) is 15.0. The van der Waals surface area contributed by atoms with Crippen molar-refractivity contribution < 1.29 is 18.4 Å². The van der Waals surface area contributed by atoms with E-state index in [-0.39, 0.29) is 28.8 Å². The minimum atomic E-state index is -0.964. The first-order chi connectivity index (χ1) is 12.9. The maximum absolute atomic E-state index is 14.4. The molecule has 1 saturated heterocycles. The van der Waals surface area contributed by atoms with Gasteiger partial charge in [-0.2, -0.15) is 0 Å². The maximum Gasteiger partial charge on any atom is 0.267 e. The fourth-order valence-electron chi connectivity index (χ4n) is 3.15. The monoisotopic (exact) mass is 373 g/mol. The standard InChI is InChI=1S/C20H21F2N3O2/c1-3-12-4-5-15(21)17(18(12)22)19(26)13-10-16(23-11-13)20(27)24-14-6-8-25(2)9-7-14/h3-5,10-11,14,23H,1,6-9H2,2H3,(H,24,27). The minimum Gasteiger partial charge on any atom is -0.356 e. The Balaban J connectivity index is 1.77. The van der Waals surface area contributed by atoms with E-state index >= 15 is 0 Å². The summed E-state index contributed by atoms with van der Waals surface area (Å²) in [6.07, 6.45) is 4.19. The van der Waals surface area contributed by atoms with Gasteiger partial charge in [0.15, 0.2) is 0 Å². The van der Waals surface area contributed by atoms with Gasteiger partial charge in [-0.3, -0.25) is 9.59 Å². The predicted octanol–water partition coefficient (Wildman–Crippen LogP) is 2.99. The molecule has 0 bridgehead atoms. The van der Waals surface area contributed by atoms with Gasteiger partial charge in [-0.25, -0.2) is 8.78 Å². The number of carbonyl (C=O) groups is 2. The van der Waals surface area contributed by atoms with Crippen LogP contribution >= 0.6 is 0 Å². The molecule has 0 unspecified atom stereocenters. The first kappa shape index (κ1) is 19.0. The Bertz CT molecular complexity index is 883. The van der Waals surface area contributed by atoms with Gasteiger partial charge in [-0.15, -0.1) is 0 Å². The molecule has 7 heteroatoms. The van der Waals surface area contributed by atoms with Crippen LogP contribution in [0.2, 0.25) is 0 Å². The molecule has 3 rings (SSSR count). The molecule has 2 N–H and O–H groups in total. The van der Waals surface area contributed by atoms with E-state index in [1.165, 1.54) is 24.4 Å². The third-order valence-electron chi connectivity index (χ3n) is 4.81. The first-order valence-electron chi connectivity index (χ1n) is 8.73. The van der Waals surface area contributed by atoms with Crippen LogP contribution in [0.3, 0.4) is 0 Å². The molecule has 1 aliphatic rings. The number of benzene rings is 1. The van der Waals surface area contributed by atoms with Gasteiger partial charge in [0, 0.05) is 23.4 Å². The highest BCUT2D eigenvalue weighted by molar-refractivity contribution is 6.10. The molecule has 1 fully saturated rings. The number of hydrogen-bond acceptors (Lipinski definition) is 3. The second-order valence-corrected chi connectivity index (χ2v) is 6.71. The van der Waals surface area contributed by atoms with Crippen LogP contribution in [0.5, 0.6) is 0 Å². The van der Waals surface area contributed by atoms with Crippen molar-refractivity contribution >= 4 is 17.8 Å². The molecular weight excluding hydrogens is 352 g/mol. The highest BCUT2D eigenvalue weighted by atomic mass is 19.1. The van der Waals surface area contributed by atoms with Crippen LogP contribution in [-0.4, -0.2) is 47.8 Å². The lowest BCUT2D eigenvalue weighted by Crippen LogP contribution is -2.43. The lowest BCUT2D eigenvalue weighted by atomic mass is 10.0. The molecule has 0 radical (unpaired) electrons. The van der Waals surface area contributed by atoms with Crippen LogP contribution in [0.4, 0.5) is 8.78 Å². The van der Waals surface area contributed by atoms with E-state index in [4.69, 9.17) is 0 Å². The summed E-state index contributed by atoms with van der Waals surface area (Å²) in [5.74, 6) is -3.09. The molecule has 0 atom stereocenters. The van der Waals surface area contributed by atoms with Gasteiger partial charge in [0.2, 0.25) is 5.78 Å². The van der Waals surface area contributed by atoms with Crippen LogP contribution in [0, 0.1) is 11.6 Å².